The molecule has 0 radical (unpaired) electrons. The summed E-state index contributed by atoms with van der Waals surface area (Å²) in [6.45, 7) is 3.41. The largest absolute Gasteiger partial charge is 0.383 e. The minimum atomic E-state index is 0.0270. The molecule has 1 aliphatic rings. The highest BCUT2D eigenvalue weighted by Crippen LogP contribution is 2.30. The first-order valence-corrected chi connectivity index (χ1v) is 7.78. The van der Waals surface area contributed by atoms with E-state index in [1.807, 2.05) is 4.90 Å². The standard InChI is InChI=1S/C16H22N4O2/c1-12-3-4-13(9-12)19(7-8-22-2)16(21)14-10-18-20-6-5-17-11-15(14)20/h5-6,10-13H,3-4,7-9H2,1-2H3/t12-,13+/m1/s1. The summed E-state index contributed by atoms with van der Waals surface area (Å²) in [5.74, 6) is 0.701. The lowest BCUT2D eigenvalue weighted by atomic mass is 10.1. The number of ether oxygens (including phenoxy) is 1. The Kier molecular flexibility index (Phi) is 4.38. The van der Waals surface area contributed by atoms with Crippen LogP contribution in [0.2, 0.25) is 0 Å². The van der Waals surface area contributed by atoms with E-state index < -0.39 is 0 Å². The first-order chi connectivity index (χ1) is 10.7. The number of nitrogens with zero attached hydrogens (tertiary/aromatic N) is 4. The molecule has 0 aliphatic heterocycles. The fraction of sp³-hybridized carbons (Fsp3) is 0.562. The van der Waals surface area contributed by atoms with Gasteiger partial charge in [0.2, 0.25) is 0 Å². The average molecular weight is 302 g/mol. The third-order valence-corrected chi connectivity index (χ3v) is 4.46. The molecule has 0 saturated heterocycles. The highest BCUT2D eigenvalue weighted by atomic mass is 16.5. The molecular formula is C16H22N4O2. The van der Waals surface area contributed by atoms with E-state index in [4.69, 9.17) is 4.74 Å². The molecule has 2 aromatic rings. The van der Waals surface area contributed by atoms with Gasteiger partial charge in [-0.05, 0) is 25.2 Å². The molecule has 0 bridgehead atoms. The molecule has 22 heavy (non-hydrogen) atoms. The molecule has 118 valence electrons. The SMILES string of the molecule is COCCN(C(=O)c1cnn2ccncc12)[C@H]1CC[C@@H](C)C1. The van der Waals surface area contributed by atoms with Crippen molar-refractivity contribution in [3.05, 3.63) is 30.4 Å². The lowest BCUT2D eigenvalue weighted by molar-refractivity contribution is 0.0604. The fourth-order valence-electron chi connectivity index (χ4n) is 3.25. The maximum absolute atomic E-state index is 13.0. The Hall–Kier alpha value is -1.95. The summed E-state index contributed by atoms with van der Waals surface area (Å²) in [5, 5.41) is 4.24. The van der Waals surface area contributed by atoms with Crippen LogP contribution in [0.1, 0.15) is 36.5 Å². The van der Waals surface area contributed by atoms with Crippen molar-refractivity contribution < 1.29 is 9.53 Å². The third kappa shape index (κ3) is 2.83. The number of rotatable bonds is 5. The first kappa shape index (κ1) is 15.0. The molecule has 1 saturated carbocycles. The second-order valence-corrected chi connectivity index (χ2v) is 6.03. The van der Waals surface area contributed by atoms with Gasteiger partial charge in [-0.3, -0.25) is 9.78 Å². The van der Waals surface area contributed by atoms with E-state index in [9.17, 15) is 4.79 Å². The van der Waals surface area contributed by atoms with Crippen molar-refractivity contribution in [2.45, 2.75) is 32.2 Å². The fourth-order valence-corrected chi connectivity index (χ4v) is 3.25. The van der Waals surface area contributed by atoms with E-state index in [1.54, 1.807) is 36.4 Å². The molecule has 6 nitrogen and oxygen atoms in total. The molecule has 3 rings (SSSR count). The van der Waals surface area contributed by atoms with Crippen LogP contribution in [0.5, 0.6) is 0 Å². The van der Waals surface area contributed by atoms with Gasteiger partial charge in [-0.2, -0.15) is 5.10 Å². The van der Waals surface area contributed by atoms with E-state index in [0.29, 0.717) is 30.7 Å². The van der Waals surface area contributed by atoms with Crippen molar-refractivity contribution in [3.8, 4) is 0 Å². The number of aromatic nitrogens is 3. The van der Waals surface area contributed by atoms with Gasteiger partial charge in [-0.15, -0.1) is 0 Å². The Balaban J connectivity index is 1.88. The Labute approximate surface area is 130 Å². The second kappa shape index (κ2) is 6.44. The Morgan fingerprint density at radius 3 is 3.05 bits per heavy atom. The van der Waals surface area contributed by atoms with Crippen LogP contribution in [0.15, 0.2) is 24.8 Å². The summed E-state index contributed by atoms with van der Waals surface area (Å²) in [4.78, 5) is 19.1. The summed E-state index contributed by atoms with van der Waals surface area (Å²) in [6, 6.07) is 0.296. The summed E-state index contributed by atoms with van der Waals surface area (Å²) in [7, 11) is 1.67. The van der Waals surface area contributed by atoms with Crippen LogP contribution < -0.4 is 0 Å². The van der Waals surface area contributed by atoms with Crippen molar-refractivity contribution in [2.75, 3.05) is 20.3 Å². The van der Waals surface area contributed by atoms with Gasteiger partial charge in [-0.25, -0.2) is 4.52 Å². The van der Waals surface area contributed by atoms with Crippen molar-refractivity contribution in [1.29, 1.82) is 0 Å². The summed E-state index contributed by atoms with van der Waals surface area (Å²) in [6.07, 6.45) is 10.0. The molecular weight excluding hydrogens is 280 g/mol. The van der Waals surface area contributed by atoms with Crippen molar-refractivity contribution in [3.63, 3.8) is 0 Å². The van der Waals surface area contributed by atoms with Gasteiger partial charge >= 0.3 is 0 Å². The van der Waals surface area contributed by atoms with Gasteiger partial charge in [0.15, 0.2) is 0 Å². The molecule has 1 aliphatic carbocycles. The highest BCUT2D eigenvalue weighted by Gasteiger charge is 2.31. The lowest BCUT2D eigenvalue weighted by Crippen LogP contribution is -2.41. The Bertz CT molecular complexity index is 654. The third-order valence-electron chi connectivity index (χ3n) is 4.46. The van der Waals surface area contributed by atoms with E-state index in [-0.39, 0.29) is 5.91 Å². The van der Waals surface area contributed by atoms with Gasteiger partial charge < -0.3 is 9.64 Å². The van der Waals surface area contributed by atoms with E-state index in [1.165, 1.54) is 6.42 Å². The number of carbonyl (C=O) groups is 1. The lowest BCUT2D eigenvalue weighted by Gasteiger charge is -2.28. The van der Waals surface area contributed by atoms with Crippen LogP contribution in [0.4, 0.5) is 0 Å². The maximum Gasteiger partial charge on any atom is 0.258 e. The maximum atomic E-state index is 13.0. The normalized spacial score (nSPS) is 21.4. The number of methoxy groups -OCH3 is 1. The molecule has 1 amide bonds. The van der Waals surface area contributed by atoms with Gasteiger partial charge in [0.25, 0.3) is 5.91 Å². The van der Waals surface area contributed by atoms with Crippen LogP contribution in [-0.2, 0) is 4.74 Å². The first-order valence-electron chi connectivity index (χ1n) is 7.78. The number of fused-ring (bicyclic) bond motifs is 1. The molecule has 2 aromatic heterocycles. The minimum Gasteiger partial charge on any atom is -0.383 e. The molecule has 0 N–H and O–H groups in total. The zero-order valence-corrected chi connectivity index (χ0v) is 13.1. The number of hydrogen-bond acceptors (Lipinski definition) is 4. The number of amides is 1. The van der Waals surface area contributed by atoms with Crippen LogP contribution in [0.25, 0.3) is 5.52 Å². The average Bonchev–Trinajstić information content (AvgIpc) is 3.14. The Morgan fingerprint density at radius 1 is 1.45 bits per heavy atom. The smallest absolute Gasteiger partial charge is 0.258 e. The molecule has 2 heterocycles. The van der Waals surface area contributed by atoms with E-state index >= 15 is 0 Å². The molecule has 6 heteroatoms. The number of carbonyl (C=O) groups excluding carboxylic acids is 1. The second-order valence-electron chi connectivity index (χ2n) is 6.03. The molecule has 2 atom stereocenters. The zero-order valence-electron chi connectivity index (χ0n) is 13.1. The molecule has 1 fully saturated rings. The van der Waals surface area contributed by atoms with Crippen molar-refractivity contribution in [2.24, 2.45) is 5.92 Å². The van der Waals surface area contributed by atoms with Gasteiger partial charge in [-0.1, -0.05) is 6.92 Å². The topological polar surface area (TPSA) is 59.7 Å². The zero-order chi connectivity index (χ0) is 15.5. The molecule has 0 spiro atoms. The monoisotopic (exact) mass is 302 g/mol. The highest BCUT2D eigenvalue weighted by molar-refractivity contribution is 6.00. The van der Waals surface area contributed by atoms with Crippen LogP contribution in [-0.4, -0.2) is 51.7 Å². The van der Waals surface area contributed by atoms with Gasteiger partial charge in [0.1, 0.15) is 0 Å². The quantitative estimate of drug-likeness (QED) is 0.847. The Morgan fingerprint density at radius 2 is 2.32 bits per heavy atom. The van der Waals surface area contributed by atoms with Crippen molar-refractivity contribution in [1.82, 2.24) is 19.5 Å². The van der Waals surface area contributed by atoms with Gasteiger partial charge in [0, 0.05) is 32.1 Å². The predicted molar refractivity (Wildman–Crippen MR) is 82.7 cm³/mol. The van der Waals surface area contributed by atoms with Gasteiger partial charge in [0.05, 0.1) is 30.1 Å². The molecule has 0 aromatic carbocycles. The molecule has 0 unspecified atom stereocenters. The van der Waals surface area contributed by atoms with Crippen LogP contribution in [0.3, 0.4) is 0 Å². The minimum absolute atomic E-state index is 0.0270. The summed E-state index contributed by atoms with van der Waals surface area (Å²) < 4.78 is 6.87. The van der Waals surface area contributed by atoms with Crippen molar-refractivity contribution >= 4 is 11.4 Å². The predicted octanol–water partition coefficient (Wildman–Crippen LogP) is 2.01. The van der Waals surface area contributed by atoms with E-state index in [2.05, 4.69) is 17.0 Å². The number of hydrogen-bond donors (Lipinski definition) is 0. The summed E-state index contributed by atoms with van der Waals surface area (Å²) >= 11 is 0. The van der Waals surface area contributed by atoms with Crippen LogP contribution in [0, 0.1) is 5.92 Å². The summed E-state index contributed by atoms with van der Waals surface area (Å²) in [5.41, 5.74) is 1.37. The van der Waals surface area contributed by atoms with Crippen LogP contribution >= 0.6 is 0 Å². The van der Waals surface area contributed by atoms with E-state index in [0.717, 1.165) is 18.4 Å².